The highest BCUT2D eigenvalue weighted by Gasteiger charge is 2.08. The molecule has 0 saturated heterocycles. The fourth-order valence-electron chi connectivity index (χ4n) is 2.95. The van der Waals surface area contributed by atoms with Gasteiger partial charge in [-0.1, -0.05) is 0 Å². The molecule has 138 valence electrons. The Labute approximate surface area is 158 Å². The average Bonchev–Trinajstić information content (AvgIpc) is 3.01. The summed E-state index contributed by atoms with van der Waals surface area (Å²) in [6.07, 6.45) is 1.48. The number of ketones is 1. The van der Waals surface area contributed by atoms with Crippen molar-refractivity contribution in [3.05, 3.63) is 77.1 Å². The first kappa shape index (κ1) is 18.5. The Morgan fingerprint density at radius 3 is 2.37 bits per heavy atom. The summed E-state index contributed by atoms with van der Waals surface area (Å²) in [7, 11) is 1.55. The van der Waals surface area contributed by atoms with E-state index in [-0.39, 0.29) is 18.1 Å². The number of hydrogen-bond acceptors (Lipinski definition) is 4. The summed E-state index contributed by atoms with van der Waals surface area (Å²) in [5.41, 5.74) is 4.43. The van der Waals surface area contributed by atoms with Gasteiger partial charge in [0.15, 0.2) is 5.78 Å². The minimum absolute atomic E-state index is 0.0115. The van der Waals surface area contributed by atoms with Crippen LogP contribution in [-0.2, 0) is 0 Å². The van der Waals surface area contributed by atoms with Crippen LogP contribution in [0.15, 0.2) is 59.6 Å². The standard InChI is InChI=1S/C22H22N2O3/c1-15-4-5-16(2)24(15)19-8-6-17(7-9-19)22(26)14-23-13-18-12-20(27-3)10-11-21(18)25/h4-13,25H,14H2,1-3H3. The first-order valence-electron chi connectivity index (χ1n) is 8.65. The number of carbonyl (C=O) groups is 1. The molecule has 0 aliphatic rings. The molecule has 2 aromatic carbocycles. The molecule has 0 bridgehead atoms. The highest BCUT2D eigenvalue weighted by Crippen LogP contribution is 2.21. The highest BCUT2D eigenvalue weighted by atomic mass is 16.5. The van der Waals surface area contributed by atoms with Crippen LogP contribution in [0.1, 0.15) is 27.3 Å². The molecule has 0 radical (unpaired) electrons. The first-order valence-corrected chi connectivity index (χ1v) is 8.65. The summed E-state index contributed by atoms with van der Waals surface area (Å²) in [5, 5.41) is 9.84. The lowest BCUT2D eigenvalue weighted by atomic mass is 10.1. The SMILES string of the molecule is COc1ccc(O)c(C=NCC(=O)c2ccc(-n3c(C)ccc3C)cc2)c1. The van der Waals surface area contributed by atoms with Gasteiger partial charge in [0.2, 0.25) is 0 Å². The fraction of sp³-hybridized carbons (Fsp3) is 0.182. The smallest absolute Gasteiger partial charge is 0.184 e. The maximum Gasteiger partial charge on any atom is 0.184 e. The number of rotatable bonds is 6. The summed E-state index contributed by atoms with van der Waals surface area (Å²) < 4.78 is 7.26. The quantitative estimate of drug-likeness (QED) is 0.530. The Hall–Kier alpha value is -3.34. The summed E-state index contributed by atoms with van der Waals surface area (Å²) in [5.74, 6) is 0.627. The summed E-state index contributed by atoms with van der Waals surface area (Å²) in [6, 6.07) is 16.5. The number of carbonyl (C=O) groups excluding carboxylic acids is 1. The van der Waals surface area contributed by atoms with Crippen LogP contribution in [0.2, 0.25) is 0 Å². The third-order valence-electron chi connectivity index (χ3n) is 4.42. The number of aryl methyl sites for hydroxylation is 2. The van der Waals surface area contributed by atoms with Gasteiger partial charge in [-0.3, -0.25) is 9.79 Å². The van der Waals surface area contributed by atoms with Crippen LogP contribution >= 0.6 is 0 Å². The van der Waals surface area contributed by atoms with Crippen LogP contribution in [0.25, 0.3) is 5.69 Å². The van der Waals surface area contributed by atoms with Crippen molar-refractivity contribution in [1.82, 2.24) is 4.57 Å². The molecule has 0 aliphatic heterocycles. The second-order valence-corrected chi connectivity index (χ2v) is 6.32. The molecule has 0 unspecified atom stereocenters. The molecular formula is C22H22N2O3. The van der Waals surface area contributed by atoms with Crippen molar-refractivity contribution in [2.24, 2.45) is 4.99 Å². The van der Waals surface area contributed by atoms with Crippen molar-refractivity contribution < 1.29 is 14.6 Å². The number of phenolic OH excluding ortho intramolecular Hbond substituents is 1. The molecule has 0 spiro atoms. The van der Waals surface area contributed by atoms with Gasteiger partial charge in [-0.15, -0.1) is 0 Å². The van der Waals surface area contributed by atoms with E-state index in [9.17, 15) is 9.90 Å². The van der Waals surface area contributed by atoms with Crippen LogP contribution in [0, 0.1) is 13.8 Å². The largest absolute Gasteiger partial charge is 0.507 e. The summed E-state index contributed by atoms with van der Waals surface area (Å²) in [4.78, 5) is 16.5. The molecule has 3 rings (SSSR count). The number of Topliss-reactive ketones (excluding diaryl/α,β-unsaturated/α-hetero) is 1. The summed E-state index contributed by atoms with van der Waals surface area (Å²) >= 11 is 0. The van der Waals surface area contributed by atoms with Gasteiger partial charge in [0, 0.05) is 34.4 Å². The van der Waals surface area contributed by atoms with Gasteiger partial charge in [0.05, 0.1) is 7.11 Å². The lowest BCUT2D eigenvalue weighted by Crippen LogP contribution is -2.05. The molecule has 0 saturated carbocycles. The Balaban J connectivity index is 1.70. The van der Waals surface area contributed by atoms with Crippen molar-refractivity contribution in [3.8, 4) is 17.2 Å². The molecule has 0 atom stereocenters. The molecule has 1 heterocycles. The number of methoxy groups -OCH3 is 1. The van der Waals surface area contributed by atoms with Gasteiger partial charge in [0.1, 0.15) is 18.0 Å². The number of phenols is 1. The number of aromatic nitrogens is 1. The van der Waals surface area contributed by atoms with E-state index in [1.54, 1.807) is 19.2 Å². The predicted molar refractivity (Wildman–Crippen MR) is 107 cm³/mol. The van der Waals surface area contributed by atoms with E-state index < -0.39 is 0 Å². The third kappa shape index (κ3) is 4.08. The maximum absolute atomic E-state index is 12.4. The predicted octanol–water partition coefficient (Wildman–Crippen LogP) is 4.11. The van der Waals surface area contributed by atoms with E-state index in [4.69, 9.17) is 4.74 Å². The zero-order valence-electron chi connectivity index (χ0n) is 15.6. The van der Waals surface area contributed by atoms with Gasteiger partial charge >= 0.3 is 0 Å². The molecule has 0 amide bonds. The highest BCUT2D eigenvalue weighted by molar-refractivity contribution is 5.99. The van der Waals surface area contributed by atoms with Crippen molar-refractivity contribution in [2.45, 2.75) is 13.8 Å². The first-order chi connectivity index (χ1) is 13.0. The van der Waals surface area contributed by atoms with Crippen LogP contribution in [0.5, 0.6) is 11.5 Å². The summed E-state index contributed by atoms with van der Waals surface area (Å²) in [6.45, 7) is 4.11. The lowest BCUT2D eigenvalue weighted by molar-refractivity contribution is 0.100. The van der Waals surface area contributed by atoms with E-state index in [1.807, 2.05) is 24.3 Å². The Bertz CT molecular complexity index is 966. The second kappa shape index (κ2) is 7.91. The normalized spacial score (nSPS) is 11.1. The molecule has 1 N–H and O–H groups in total. The van der Waals surface area contributed by atoms with Gasteiger partial charge in [-0.2, -0.15) is 0 Å². The number of ether oxygens (including phenoxy) is 1. The minimum atomic E-state index is -0.0823. The van der Waals surface area contributed by atoms with E-state index in [2.05, 4.69) is 35.5 Å². The Morgan fingerprint density at radius 1 is 1.07 bits per heavy atom. The van der Waals surface area contributed by atoms with Crippen LogP contribution in [0.3, 0.4) is 0 Å². The molecule has 1 aromatic heterocycles. The average molecular weight is 362 g/mol. The van der Waals surface area contributed by atoms with Gasteiger partial charge in [0.25, 0.3) is 0 Å². The van der Waals surface area contributed by atoms with Crippen molar-refractivity contribution >= 4 is 12.0 Å². The minimum Gasteiger partial charge on any atom is -0.507 e. The van der Waals surface area contributed by atoms with Crippen molar-refractivity contribution in [1.29, 1.82) is 0 Å². The monoisotopic (exact) mass is 362 g/mol. The third-order valence-corrected chi connectivity index (χ3v) is 4.42. The van der Waals surface area contributed by atoms with Gasteiger partial charge in [-0.25, -0.2) is 0 Å². The molecule has 0 fully saturated rings. The molecular weight excluding hydrogens is 340 g/mol. The van der Waals surface area contributed by atoms with Crippen molar-refractivity contribution in [3.63, 3.8) is 0 Å². The van der Waals surface area contributed by atoms with Crippen LogP contribution < -0.4 is 4.74 Å². The Morgan fingerprint density at radius 2 is 1.74 bits per heavy atom. The zero-order chi connectivity index (χ0) is 19.4. The van der Waals surface area contributed by atoms with E-state index in [1.165, 1.54) is 12.3 Å². The van der Waals surface area contributed by atoms with Gasteiger partial charge in [-0.05, 0) is 68.4 Å². The second-order valence-electron chi connectivity index (χ2n) is 6.32. The number of hydrogen-bond donors (Lipinski definition) is 1. The number of aliphatic imine (C=N–C) groups is 1. The molecule has 0 aliphatic carbocycles. The van der Waals surface area contributed by atoms with Crippen LogP contribution in [0.4, 0.5) is 0 Å². The molecule has 5 nitrogen and oxygen atoms in total. The maximum atomic E-state index is 12.4. The van der Waals surface area contributed by atoms with E-state index >= 15 is 0 Å². The Kier molecular flexibility index (Phi) is 5.41. The van der Waals surface area contributed by atoms with Crippen molar-refractivity contribution in [2.75, 3.05) is 13.7 Å². The molecule has 5 heteroatoms. The molecule has 3 aromatic rings. The van der Waals surface area contributed by atoms with E-state index in [0.29, 0.717) is 16.9 Å². The number of benzene rings is 2. The number of nitrogens with zero attached hydrogens (tertiary/aromatic N) is 2. The molecule has 27 heavy (non-hydrogen) atoms. The van der Waals surface area contributed by atoms with Gasteiger partial charge < -0.3 is 14.4 Å². The van der Waals surface area contributed by atoms with Crippen LogP contribution in [-0.4, -0.2) is 35.3 Å². The number of aromatic hydroxyl groups is 1. The lowest BCUT2D eigenvalue weighted by Gasteiger charge is -2.09. The zero-order valence-corrected chi connectivity index (χ0v) is 15.6. The van der Waals surface area contributed by atoms with E-state index in [0.717, 1.165) is 17.1 Å². The topological polar surface area (TPSA) is 63.8 Å². The fourth-order valence-corrected chi connectivity index (χ4v) is 2.95.